The number of carbonyl (C=O) groups excluding carboxylic acids is 1. The number of rotatable bonds is 5. The lowest BCUT2D eigenvalue weighted by Crippen LogP contribution is -2.49. The Kier molecular flexibility index (Phi) is 5.91. The molecule has 144 valence electrons. The molecule has 1 aliphatic carbocycles. The molecule has 0 spiro atoms. The smallest absolute Gasteiger partial charge is 0.328 e. The lowest BCUT2D eigenvalue weighted by atomic mass is 9.62. The minimum Gasteiger partial charge on any atom is -0.478 e. The Labute approximate surface area is 160 Å². The van der Waals surface area contributed by atoms with Crippen molar-refractivity contribution in [2.45, 2.75) is 53.1 Å². The van der Waals surface area contributed by atoms with E-state index in [-0.39, 0.29) is 12.2 Å². The van der Waals surface area contributed by atoms with Crippen LogP contribution in [-0.2, 0) is 16.0 Å². The maximum absolute atomic E-state index is 12.8. The molecule has 0 fully saturated rings. The number of ketones is 1. The van der Waals surface area contributed by atoms with E-state index in [2.05, 4.69) is 0 Å². The topological polar surface area (TPSA) is 74.6 Å². The van der Waals surface area contributed by atoms with Crippen LogP contribution in [0.5, 0.6) is 0 Å². The second-order valence-corrected chi connectivity index (χ2v) is 8.08. The van der Waals surface area contributed by atoms with E-state index in [1.807, 2.05) is 45.0 Å². The maximum atomic E-state index is 12.8. The summed E-state index contributed by atoms with van der Waals surface area (Å²) in [6, 6.07) is 8.01. The van der Waals surface area contributed by atoms with Gasteiger partial charge in [0.15, 0.2) is 5.78 Å². The normalized spacial score (nSPS) is 23.2. The summed E-state index contributed by atoms with van der Waals surface area (Å²) in [6.07, 6.45) is 5.03. The van der Waals surface area contributed by atoms with Crippen LogP contribution in [-0.4, -0.2) is 27.6 Å². The number of aliphatic hydroxyl groups is 1. The van der Waals surface area contributed by atoms with E-state index in [1.54, 1.807) is 26.0 Å². The summed E-state index contributed by atoms with van der Waals surface area (Å²) >= 11 is 0. The van der Waals surface area contributed by atoms with Gasteiger partial charge in [-0.15, -0.1) is 0 Å². The Morgan fingerprint density at radius 1 is 1.19 bits per heavy atom. The fraction of sp³-hybridized carbons (Fsp3) is 0.391. The van der Waals surface area contributed by atoms with Gasteiger partial charge in [0.25, 0.3) is 0 Å². The van der Waals surface area contributed by atoms with Crippen LogP contribution in [0.25, 0.3) is 0 Å². The number of carbonyl (C=O) groups is 2. The highest BCUT2D eigenvalue weighted by Gasteiger charge is 2.49. The summed E-state index contributed by atoms with van der Waals surface area (Å²) in [5, 5.41) is 20.4. The minimum absolute atomic E-state index is 0.0500. The van der Waals surface area contributed by atoms with Crippen molar-refractivity contribution >= 4 is 11.8 Å². The lowest BCUT2D eigenvalue weighted by molar-refractivity contribution is -0.131. The number of benzene rings is 1. The van der Waals surface area contributed by atoms with Gasteiger partial charge in [0.2, 0.25) is 0 Å². The van der Waals surface area contributed by atoms with E-state index >= 15 is 0 Å². The summed E-state index contributed by atoms with van der Waals surface area (Å²) < 4.78 is 0. The summed E-state index contributed by atoms with van der Waals surface area (Å²) in [5.74, 6) is -0.983. The number of aryl methyl sites for hydroxylation is 1. The molecule has 4 heteroatoms. The molecule has 1 aromatic carbocycles. The van der Waals surface area contributed by atoms with Crippen LogP contribution in [0.15, 0.2) is 59.2 Å². The van der Waals surface area contributed by atoms with Crippen LogP contribution in [0.3, 0.4) is 0 Å². The third-order valence-electron chi connectivity index (χ3n) is 5.44. The first-order chi connectivity index (χ1) is 12.5. The summed E-state index contributed by atoms with van der Waals surface area (Å²) in [6.45, 7) is 9.19. The molecule has 0 amide bonds. The van der Waals surface area contributed by atoms with E-state index in [1.165, 1.54) is 0 Å². The maximum Gasteiger partial charge on any atom is 0.328 e. The van der Waals surface area contributed by atoms with Crippen molar-refractivity contribution in [1.29, 1.82) is 0 Å². The van der Waals surface area contributed by atoms with Crippen LogP contribution in [0, 0.1) is 12.3 Å². The Morgan fingerprint density at radius 3 is 2.33 bits per heavy atom. The van der Waals surface area contributed by atoms with Crippen molar-refractivity contribution < 1.29 is 19.8 Å². The standard InChI is InChI=1S/C23H28O4/c1-15-6-8-18(9-7-15)13-19-17(3)23(27,22(4,5)14-20(19)24)11-10-16(2)12-21(25)26/h6-12,27H,13-14H2,1-5H3,(H,25,26)/b11-10+,16-12-/t23-/m1/s1. The predicted molar refractivity (Wildman–Crippen MR) is 106 cm³/mol. The number of Topliss-reactive ketones (excluding diaryl/α,β-unsaturated/α-hetero) is 1. The quantitative estimate of drug-likeness (QED) is 0.604. The zero-order chi connectivity index (χ0) is 20.4. The Morgan fingerprint density at radius 2 is 1.78 bits per heavy atom. The van der Waals surface area contributed by atoms with Crippen LogP contribution in [0.4, 0.5) is 0 Å². The van der Waals surface area contributed by atoms with E-state index < -0.39 is 17.0 Å². The van der Waals surface area contributed by atoms with Crippen molar-refractivity contribution in [1.82, 2.24) is 0 Å². The second-order valence-electron chi connectivity index (χ2n) is 8.08. The zero-order valence-electron chi connectivity index (χ0n) is 16.7. The SMILES string of the molecule is CC1=C(Cc2ccc(C)cc2)C(=O)CC(C)(C)[C@@]1(O)/C=C/C(C)=C\C(=O)O. The highest BCUT2D eigenvalue weighted by atomic mass is 16.4. The third-order valence-corrected chi connectivity index (χ3v) is 5.44. The van der Waals surface area contributed by atoms with Crippen LogP contribution in [0.1, 0.15) is 45.2 Å². The molecular formula is C23H28O4. The summed E-state index contributed by atoms with van der Waals surface area (Å²) in [7, 11) is 0. The Balaban J connectivity index is 2.48. The van der Waals surface area contributed by atoms with Gasteiger partial charge in [-0.25, -0.2) is 4.79 Å². The number of carboxylic acids is 1. The second kappa shape index (κ2) is 7.65. The Hall–Kier alpha value is -2.46. The van der Waals surface area contributed by atoms with Gasteiger partial charge in [-0.3, -0.25) is 4.79 Å². The monoisotopic (exact) mass is 368 g/mol. The first-order valence-corrected chi connectivity index (χ1v) is 9.08. The number of hydrogen-bond donors (Lipinski definition) is 2. The molecule has 2 N–H and O–H groups in total. The van der Waals surface area contributed by atoms with Crippen molar-refractivity contribution in [3.05, 3.63) is 70.3 Å². The molecule has 1 aliphatic rings. The van der Waals surface area contributed by atoms with Crippen molar-refractivity contribution in [2.75, 3.05) is 0 Å². The molecule has 1 atom stereocenters. The highest BCUT2D eigenvalue weighted by molar-refractivity contribution is 5.98. The molecule has 0 radical (unpaired) electrons. The van der Waals surface area contributed by atoms with E-state index in [0.717, 1.165) is 17.2 Å². The fourth-order valence-electron chi connectivity index (χ4n) is 3.58. The molecular weight excluding hydrogens is 340 g/mol. The molecule has 0 saturated carbocycles. The number of allylic oxidation sites excluding steroid dienone is 3. The van der Waals surface area contributed by atoms with Gasteiger partial charge in [-0.05, 0) is 43.6 Å². The number of hydrogen-bond acceptors (Lipinski definition) is 3. The van der Waals surface area contributed by atoms with E-state index in [0.29, 0.717) is 23.1 Å². The van der Waals surface area contributed by atoms with Crippen molar-refractivity contribution in [2.24, 2.45) is 5.41 Å². The van der Waals surface area contributed by atoms with Crippen LogP contribution < -0.4 is 0 Å². The molecule has 0 saturated heterocycles. The third kappa shape index (κ3) is 4.45. The summed E-state index contributed by atoms with van der Waals surface area (Å²) in [4.78, 5) is 23.6. The van der Waals surface area contributed by atoms with Crippen molar-refractivity contribution in [3.8, 4) is 0 Å². The van der Waals surface area contributed by atoms with Crippen LogP contribution >= 0.6 is 0 Å². The molecule has 1 aromatic rings. The fourth-order valence-corrected chi connectivity index (χ4v) is 3.58. The molecule has 0 bridgehead atoms. The van der Waals surface area contributed by atoms with Gasteiger partial charge >= 0.3 is 5.97 Å². The van der Waals surface area contributed by atoms with Gasteiger partial charge in [0.05, 0.1) is 0 Å². The highest BCUT2D eigenvalue weighted by Crippen LogP contribution is 2.47. The van der Waals surface area contributed by atoms with Crippen LogP contribution in [0.2, 0.25) is 0 Å². The Bertz CT molecular complexity index is 838. The molecule has 2 rings (SSSR count). The van der Waals surface area contributed by atoms with Gasteiger partial charge < -0.3 is 10.2 Å². The molecule has 4 nitrogen and oxygen atoms in total. The average Bonchev–Trinajstić information content (AvgIpc) is 2.56. The number of aliphatic carboxylic acids is 1. The zero-order valence-corrected chi connectivity index (χ0v) is 16.7. The largest absolute Gasteiger partial charge is 0.478 e. The molecule has 0 aromatic heterocycles. The van der Waals surface area contributed by atoms with Gasteiger partial charge in [-0.1, -0.05) is 49.8 Å². The van der Waals surface area contributed by atoms with E-state index in [9.17, 15) is 14.7 Å². The summed E-state index contributed by atoms with van der Waals surface area (Å²) in [5.41, 5.74) is 1.95. The molecule has 0 aliphatic heterocycles. The first kappa shape index (κ1) is 20.8. The minimum atomic E-state index is -1.32. The molecule has 0 heterocycles. The van der Waals surface area contributed by atoms with Crippen molar-refractivity contribution in [3.63, 3.8) is 0 Å². The first-order valence-electron chi connectivity index (χ1n) is 9.08. The molecule has 27 heavy (non-hydrogen) atoms. The van der Waals surface area contributed by atoms with Gasteiger partial charge in [0, 0.05) is 29.9 Å². The predicted octanol–water partition coefficient (Wildman–Crippen LogP) is 4.17. The van der Waals surface area contributed by atoms with E-state index in [4.69, 9.17) is 5.11 Å². The average molecular weight is 368 g/mol. The van der Waals surface area contributed by atoms with Gasteiger partial charge in [-0.2, -0.15) is 0 Å². The van der Waals surface area contributed by atoms with Gasteiger partial charge in [0.1, 0.15) is 5.60 Å². The molecule has 0 unspecified atom stereocenters. The number of carboxylic acid groups (broad SMARTS) is 1. The lowest BCUT2D eigenvalue weighted by Gasteiger charge is -2.46.